The Morgan fingerprint density at radius 2 is 1.96 bits per heavy atom. The monoisotopic (exact) mass is 322 g/mol. The summed E-state index contributed by atoms with van der Waals surface area (Å²) < 4.78 is 0. The minimum Gasteiger partial charge on any atom is -0.337 e. The molecule has 2 N–H and O–H groups in total. The van der Waals surface area contributed by atoms with Crippen LogP contribution in [0.2, 0.25) is 0 Å². The molecule has 2 aliphatic heterocycles. The molecule has 8 nitrogen and oxygen atoms in total. The van der Waals surface area contributed by atoms with Crippen molar-refractivity contribution < 1.29 is 19.2 Å². The smallest absolute Gasteiger partial charge is 0.335 e. The van der Waals surface area contributed by atoms with E-state index in [-0.39, 0.29) is 18.5 Å². The first-order valence-electron chi connectivity index (χ1n) is 7.68. The summed E-state index contributed by atoms with van der Waals surface area (Å²) in [4.78, 5) is 51.3. The summed E-state index contributed by atoms with van der Waals surface area (Å²) in [7, 11) is 0. The lowest BCUT2D eigenvalue weighted by Gasteiger charge is -2.38. The summed E-state index contributed by atoms with van der Waals surface area (Å²) in [6, 6.07) is -0.873. The molecule has 0 aliphatic carbocycles. The number of likely N-dealkylation sites (tertiary alicyclic amines) is 1. The molecular formula is C15H22N4O4. The maximum atomic E-state index is 12.5. The second-order valence-corrected chi connectivity index (χ2v) is 5.98. The molecule has 126 valence electrons. The van der Waals surface area contributed by atoms with Crippen LogP contribution < -0.4 is 5.73 Å². The van der Waals surface area contributed by atoms with E-state index in [2.05, 4.69) is 13.5 Å². The Bertz CT molecular complexity index is 548. The molecule has 2 unspecified atom stereocenters. The molecule has 2 saturated heterocycles. The molecule has 0 spiro atoms. The third-order valence-electron chi connectivity index (χ3n) is 4.31. The van der Waals surface area contributed by atoms with Crippen molar-refractivity contribution in [3.8, 4) is 0 Å². The summed E-state index contributed by atoms with van der Waals surface area (Å²) >= 11 is 0. The molecule has 0 radical (unpaired) electrons. The molecule has 0 aromatic rings. The van der Waals surface area contributed by atoms with Crippen molar-refractivity contribution in [2.75, 3.05) is 26.2 Å². The van der Waals surface area contributed by atoms with Crippen LogP contribution in [0.1, 0.15) is 19.8 Å². The van der Waals surface area contributed by atoms with Gasteiger partial charge in [0.15, 0.2) is 0 Å². The number of rotatable bonds is 5. The van der Waals surface area contributed by atoms with Crippen molar-refractivity contribution >= 4 is 23.8 Å². The van der Waals surface area contributed by atoms with E-state index in [1.807, 2.05) is 0 Å². The average Bonchev–Trinajstić information content (AvgIpc) is 2.72. The van der Waals surface area contributed by atoms with Gasteiger partial charge in [0, 0.05) is 25.7 Å². The van der Waals surface area contributed by atoms with Crippen molar-refractivity contribution in [1.82, 2.24) is 14.7 Å². The highest BCUT2D eigenvalue weighted by Crippen LogP contribution is 2.22. The lowest BCUT2D eigenvalue weighted by molar-refractivity contribution is -0.145. The Morgan fingerprint density at radius 3 is 2.57 bits per heavy atom. The Kier molecular flexibility index (Phi) is 5.15. The summed E-state index contributed by atoms with van der Waals surface area (Å²) in [6.45, 7) is 5.94. The van der Waals surface area contributed by atoms with E-state index in [0.717, 1.165) is 17.7 Å². The zero-order valence-electron chi connectivity index (χ0n) is 13.2. The fourth-order valence-electron chi connectivity index (χ4n) is 3.01. The molecule has 0 saturated carbocycles. The highest BCUT2D eigenvalue weighted by molar-refractivity contribution is 6.45. The maximum Gasteiger partial charge on any atom is 0.335 e. The highest BCUT2D eigenvalue weighted by atomic mass is 16.2. The lowest BCUT2D eigenvalue weighted by Crippen LogP contribution is -2.52. The summed E-state index contributed by atoms with van der Waals surface area (Å²) in [5.74, 6) is -1.78. The number of carbonyl (C=O) groups excluding carboxylic acids is 4. The molecule has 2 rings (SSSR count). The molecule has 2 fully saturated rings. The van der Waals surface area contributed by atoms with Gasteiger partial charge in [-0.25, -0.2) is 9.69 Å². The SMILES string of the molecule is C=CCN1C(=O)C(=O)N(CC(=O)N2CCC(C)CC2CN)C1=O. The van der Waals surface area contributed by atoms with Crippen molar-refractivity contribution in [3.05, 3.63) is 12.7 Å². The molecule has 8 heteroatoms. The van der Waals surface area contributed by atoms with Crippen LogP contribution in [0.4, 0.5) is 4.79 Å². The second kappa shape index (κ2) is 6.91. The van der Waals surface area contributed by atoms with Gasteiger partial charge in [0.05, 0.1) is 0 Å². The van der Waals surface area contributed by atoms with E-state index in [0.29, 0.717) is 23.9 Å². The maximum absolute atomic E-state index is 12.5. The highest BCUT2D eigenvalue weighted by Gasteiger charge is 2.45. The van der Waals surface area contributed by atoms with Gasteiger partial charge in [-0.2, -0.15) is 0 Å². The van der Waals surface area contributed by atoms with Gasteiger partial charge in [-0.05, 0) is 18.8 Å². The minimum atomic E-state index is -0.972. The van der Waals surface area contributed by atoms with E-state index in [1.165, 1.54) is 6.08 Å². The van der Waals surface area contributed by atoms with Crippen molar-refractivity contribution in [3.63, 3.8) is 0 Å². The summed E-state index contributed by atoms with van der Waals surface area (Å²) in [5, 5.41) is 0. The molecule has 2 atom stereocenters. The zero-order chi connectivity index (χ0) is 17.1. The molecule has 2 aliphatic rings. The molecular weight excluding hydrogens is 300 g/mol. The first-order chi connectivity index (χ1) is 10.9. The topological polar surface area (TPSA) is 104 Å². The zero-order valence-corrected chi connectivity index (χ0v) is 13.2. The van der Waals surface area contributed by atoms with Crippen LogP contribution in [0.3, 0.4) is 0 Å². The number of nitrogens with zero attached hydrogens (tertiary/aromatic N) is 3. The molecule has 2 heterocycles. The number of imide groups is 2. The van der Waals surface area contributed by atoms with Gasteiger partial charge in [0.25, 0.3) is 0 Å². The fourth-order valence-corrected chi connectivity index (χ4v) is 3.01. The normalized spacial score (nSPS) is 25.3. The van der Waals surface area contributed by atoms with Crippen LogP contribution in [0, 0.1) is 5.92 Å². The third kappa shape index (κ3) is 3.26. The lowest BCUT2D eigenvalue weighted by atomic mass is 9.92. The summed E-state index contributed by atoms with van der Waals surface area (Å²) in [6.07, 6.45) is 3.00. The number of amides is 5. The largest absolute Gasteiger partial charge is 0.337 e. The van der Waals surface area contributed by atoms with Crippen LogP contribution in [0.25, 0.3) is 0 Å². The van der Waals surface area contributed by atoms with Gasteiger partial charge in [-0.3, -0.25) is 19.3 Å². The fraction of sp³-hybridized carbons (Fsp3) is 0.600. The first kappa shape index (κ1) is 17.1. The third-order valence-corrected chi connectivity index (χ3v) is 4.31. The Labute approximate surface area is 134 Å². The number of piperidine rings is 1. The van der Waals surface area contributed by atoms with Gasteiger partial charge in [-0.15, -0.1) is 6.58 Å². The van der Waals surface area contributed by atoms with E-state index in [1.54, 1.807) is 4.90 Å². The molecule has 5 amide bonds. The Balaban J connectivity index is 2.07. The van der Waals surface area contributed by atoms with Crippen molar-refractivity contribution in [1.29, 1.82) is 0 Å². The van der Waals surface area contributed by atoms with Gasteiger partial charge >= 0.3 is 17.8 Å². The molecule has 0 aromatic carbocycles. The van der Waals surface area contributed by atoms with Crippen molar-refractivity contribution in [2.45, 2.75) is 25.8 Å². The Morgan fingerprint density at radius 1 is 1.30 bits per heavy atom. The van der Waals surface area contributed by atoms with Gasteiger partial charge in [0.1, 0.15) is 6.54 Å². The molecule has 0 bridgehead atoms. The van der Waals surface area contributed by atoms with Crippen LogP contribution >= 0.6 is 0 Å². The van der Waals surface area contributed by atoms with Gasteiger partial charge in [0.2, 0.25) is 5.91 Å². The van der Waals surface area contributed by atoms with Crippen LogP contribution in [-0.4, -0.2) is 70.7 Å². The van der Waals surface area contributed by atoms with Gasteiger partial charge < -0.3 is 10.6 Å². The van der Waals surface area contributed by atoms with E-state index >= 15 is 0 Å². The molecule has 23 heavy (non-hydrogen) atoms. The second-order valence-electron chi connectivity index (χ2n) is 5.98. The predicted octanol–water partition coefficient (Wildman–Crippen LogP) is -0.451. The first-order valence-corrected chi connectivity index (χ1v) is 7.68. The number of carbonyl (C=O) groups is 4. The van der Waals surface area contributed by atoms with Crippen LogP contribution in [0.15, 0.2) is 12.7 Å². The van der Waals surface area contributed by atoms with Crippen LogP contribution in [-0.2, 0) is 14.4 Å². The molecule has 0 aromatic heterocycles. The number of urea groups is 1. The van der Waals surface area contributed by atoms with E-state index < -0.39 is 24.4 Å². The number of hydrogen-bond acceptors (Lipinski definition) is 5. The van der Waals surface area contributed by atoms with E-state index in [9.17, 15) is 19.2 Å². The average molecular weight is 322 g/mol. The quantitative estimate of drug-likeness (QED) is 0.419. The van der Waals surface area contributed by atoms with Crippen LogP contribution in [0.5, 0.6) is 0 Å². The summed E-state index contributed by atoms with van der Waals surface area (Å²) in [5.41, 5.74) is 5.73. The minimum absolute atomic E-state index is 0.0548. The van der Waals surface area contributed by atoms with Crippen molar-refractivity contribution in [2.24, 2.45) is 11.7 Å². The Hall–Kier alpha value is -2.22. The number of hydrogen-bond donors (Lipinski definition) is 1. The number of nitrogens with two attached hydrogens (primary N) is 1. The van der Waals surface area contributed by atoms with Gasteiger partial charge in [-0.1, -0.05) is 13.0 Å². The van der Waals surface area contributed by atoms with E-state index in [4.69, 9.17) is 5.73 Å². The standard InChI is InChI=1S/C15H22N4O4/c1-3-5-18-13(21)14(22)19(15(18)23)9-12(20)17-6-4-10(2)7-11(17)8-16/h3,10-11H,1,4-9,16H2,2H3. The predicted molar refractivity (Wildman–Crippen MR) is 82.0 cm³/mol.